The number of benzene rings is 2. The van der Waals surface area contributed by atoms with Gasteiger partial charge in [-0.15, -0.1) is 0 Å². The number of hydrogen-bond donors (Lipinski definition) is 0. The second kappa shape index (κ2) is 6.39. The molecule has 0 bridgehead atoms. The van der Waals surface area contributed by atoms with Crippen LogP contribution in [0.15, 0.2) is 54.6 Å². The van der Waals surface area contributed by atoms with Crippen LogP contribution in [0.25, 0.3) is 0 Å². The van der Waals surface area contributed by atoms with Gasteiger partial charge in [0, 0.05) is 0 Å². The lowest BCUT2D eigenvalue weighted by Crippen LogP contribution is -1.98. The van der Waals surface area contributed by atoms with Crippen molar-refractivity contribution >= 4 is 0 Å². The van der Waals surface area contributed by atoms with Gasteiger partial charge >= 0.3 is 0 Å². The van der Waals surface area contributed by atoms with Crippen LogP contribution in [-0.2, 0) is 12.8 Å². The third-order valence-corrected chi connectivity index (χ3v) is 3.35. The van der Waals surface area contributed by atoms with Crippen LogP contribution in [0.5, 0.6) is 0 Å². The smallest absolute Gasteiger partial charge is 0.00230 e. The van der Waals surface area contributed by atoms with Gasteiger partial charge in [0.1, 0.15) is 0 Å². The highest BCUT2D eigenvalue weighted by Gasteiger charge is 2.04. The number of rotatable bonds is 5. The Balaban J connectivity index is 2.12. The molecule has 0 aromatic heterocycles. The fourth-order valence-corrected chi connectivity index (χ4v) is 2.23. The molecular formula is C18H22. The van der Waals surface area contributed by atoms with Crippen LogP contribution in [0.1, 0.15) is 37.0 Å². The number of hydrogen-bond acceptors (Lipinski definition) is 0. The Labute approximate surface area is 111 Å². The Hall–Kier alpha value is -1.56. The van der Waals surface area contributed by atoms with Gasteiger partial charge in [-0.2, -0.15) is 0 Å². The average molecular weight is 238 g/mol. The quantitative estimate of drug-likeness (QED) is 0.697. The SMILES string of the molecule is CC(C)CCc1ccccc1Cc1ccccc1. The molecule has 0 amide bonds. The van der Waals surface area contributed by atoms with Gasteiger partial charge in [-0.05, 0) is 41.9 Å². The summed E-state index contributed by atoms with van der Waals surface area (Å²) in [5, 5.41) is 0. The summed E-state index contributed by atoms with van der Waals surface area (Å²) in [6.45, 7) is 4.58. The molecule has 2 aromatic rings. The van der Waals surface area contributed by atoms with E-state index in [0.29, 0.717) is 0 Å². The molecule has 0 saturated heterocycles. The van der Waals surface area contributed by atoms with Crippen LogP contribution in [0.2, 0.25) is 0 Å². The molecule has 0 saturated carbocycles. The van der Waals surface area contributed by atoms with Crippen molar-refractivity contribution < 1.29 is 0 Å². The standard InChI is InChI=1S/C18H22/c1-15(2)12-13-17-10-6-7-11-18(17)14-16-8-4-3-5-9-16/h3-11,15H,12-14H2,1-2H3. The van der Waals surface area contributed by atoms with E-state index in [9.17, 15) is 0 Å². The van der Waals surface area contributed by atoms with E-state index in [1.54, 1.807) is 0 Å². The molecule has 0 heterocycles. The summed E-state index contributed by atoms with van der Waals surface area (Å²) in [6.07, 6.45) is 3.52. The van der Waals surface area contributed by atoms with Gasteiger partial charge in [-0.1, -0.05) is 68.4 Å². The molecule has 0 nitrogen and oxygen atoms in total. The zero-order valence-corrected chi connectivity index (χ0v) is 11.4. The highest BCUT2D eigenvalue weighted by molar-refractivity contribution is 5.32. The van der Waals surface area contributed by atoms with Gasteiger partial charge in [-0.25, -0.2) is 0 Å². The predicted molar refractivity (Wildman–Crippen MR) is 78.8 cm³/mol. The molecule has 0 atom stereocenters. The Kier molecular flexibility index (Phi) is 4.58. The van der Waals surface area contributed by atoms with Crippen molar-refractivity contribution in [3.05, 3.63) is 71.3 Å². The molecule has 0 aliphatic heterocycles. The molecule has 0 aliphatic carbocycles. The van der Waals surface area contributed by atoms with Crippen molar-refractivity contribution in [2.75, 3.05) is 0 Å². The molecular weight excluding hydrogens is 216 g/mol. The van der Waals surface area contributed by atoms with Crippen molar-refractivity contribution in [3.8, 4) is 0 Å². The Morgan fingerprint density at radius 2 is 1.39 bits per heavy atom. The molecule has 0 aliphatic rings. The fourth-order valence-electron chi connectivity index (χ4n) is 2.23. The van der Waals surface area contributed by atoms with Gasteiger partial charge in [0.15, 0.2) is 0 Å². The van der Waals surface area contributed by atoms with E-state index in [4.69, 9.17) is 0 Å². The summed E-state index contributed by atoms with van der Waals surface area (Å²) < 4.78 is 0. The van der Waals surface area contributed by atoms with Crippen molar-refractivity contribution in [1.29, 1.82) is 0 Å². The Bertz CT molecular complexity index is 468. The lowest BCUT2D eigenvalue weighted by Gasteiger charge is -2.11. The van der Waals surface area contributed by atoms with Crippen LogP contribution in [-0.4, -0.2) is 0 Å². The Morgan fingerprint density at radius 1 is 0.778 bits per heavy atom. The van der Waals surface area contributed by atoms with Crippen molar-refractivity contribution in [2.45, 2.75) is 33.1 Å². The second-order valence-electron chi connectivity index (χ2n) is 5.36. The fraction of sp³-hybridized carbons (Fsp3) is 0.333. The summed E-state index contributed by atoms with van der Waals surface area (Å²) in [6, 6.07) is 19.6. The molecule has 0 spiro atoms. The van der Waals surface area contributed by atoms with Crippen molar-refractivity contribution in [1.82, 2.24) is 0 Å². The third-order valence-electron chi connectivity index (χ3n) is 3.35. The largest absolute Gasteiger partial charge is 0.0628 e. The Morgan fingerprint density at radius 3 is 2.06 bits per heavy atom. The highest BCUT2D eigenvalue weighted by atomic mass is 14.1. The molecule has 0 heteroatoms. The zero-order chi connectivity index (χ0) is 12.8. The summed E-state index contributed by atoms with van der Waals surface area (Å²) in [4.78, 5) is 0. The third kappa shape index (κ3) is 3.73. The van der Waals surface area contributed by atoms with Crippen LogP contribution >= 0.6 is 0 Å². The lowest BCUT2D eigenvalue weighted by atomic mass is 9.95. The van der Waals surface area contributed by atoms with Crippen molar-refractivity contribution in [2.24, 2.45) is 5.92 Å². The van der Waals surface area contributed by atoms with Crippen molar-refractivity contribution in [3.63, 3.8) is 0 Å². The average Bonchev–Trinajstić information content (AvgIpc) is 2.39. The first kappa shape index (κ1) is 12.9. The first-order chi connectivity index (χ1) is 8.75. The molecule has 18 heavy (non-hydrogen) atoms. The van der Waals surface area contributed by atoms with Gasteiger partial charge in [-0.3, -0.25) is 0 Å². The van der Waals surface area contributed by atoms with Gasteiger partial charge in [0.05, 0.1) is 0 Å². The molecule has 0 N–H and O–H groups in total. The topological polar surface area (TPSA) is 0 Å². The van der Waals surface area contributed by atoms with E-state index in [0.717, 1.165) is 12.3 Å². The van der Waals surface area contributed by atoms with E-state index in [1.165, 1.54) is 29.5 Å². The van der Waals surface area contributed by atoms with Crippen LogP contribution in [0.4, 0.5) is 0 Å². The van der Waals surface area contributed by atoms with Gasteiger partial charge < -0.3 is 0 Å². The monoisotopic (exact) mass is 238 g/mol. The minimum absolute atomic E-state index is 0.773. The number of aryl methyl sites for hydroxylation is 1. The van der Waals surface area contributed by atoms with Crippen LogP contribution < -0.4 is 0 Å². The molecule has 2 aromatic carbocycles. The van der Waals surface area contributed by atoms with Gasteiger partial charge in [0.25, 0.3) is 0 Å². The maximum absolute atomic E-state index is 2.29. The summed E-state index contributed by atoms with van der Waals surface area (Å²) in [5.41, 5.74) is 4.38. The first-order valence-corrected chi connectivity index (χ1v) is 6.86. The molecule has 2 rings (SSSR count). The van der Waals surface area contributed by atoms with E-state index in [-0.39, 0.29) is 0 Å². The molecule has 0 fully saturated rings. The highest BCUT2D eigenvalue weighted by Crippen LogP contribution is 2.17. The minimum atomic E-state index is 0.773. The normalized spacial score (nSPS) is 10.8. The zero-order valence-electron chi connectivity index (χ0n) is 11.4. The maximum atomic E-state index is 2.29. The molecule has 0 radical (unpaired) electrons. The first-order valence-electron chi connectivity index (χ1n) is 6.86. The summed E-state index contributed by atoms with van der Waals surface area (Å²) >= 11 is 0. The van der Waals surface area contributed by atoms with E-state index >= 15 is 0 Å². The molecule has 94 valence electrons. The van der Waals surface area contributed by atoms with E-state index < -0.39 is 0 Å². The molecule has 0 unspecified atom stereocenters. The lowest BCUT2D eigenvalue weighted by molar-refractivity contribution is 0.585. The minimum Gasteiger partial charge on any atom is -0.0628 e. The van der Waals surface area contributed by atoms with Crippen LogP contribution in [0.3, 0.4) is 0 Å². The second-order valence-corrected chi connectivity index (χ2v) is 5.36. The van der Waals surface area contributed by atoms with Gasteiger partial charge in [0.2, 0.25) is 0 Å². The summed E-state index contributed by atoms with van der Waals surface area (Å²) in [5.74, 6) is 0.773. The maximum Gasteiger partial charge on any atom is -0.00230 e. The van der Waals surface area contributed by atoms with E-state index in [2.05, 4.69) is 68.4 Å². The predicted octanol–water partition coefficient (Wildman–Crippen LogP) is 4.87. The van der Waals surface area contributed by atoms with E-state index in [1.807, 2.05) is 0 Å². The van der Waals surface area contributed by atoms with Crippen LogP contribution in [0, 0.1) is 5.92 Å². The summed E-state index contributed by atoms with van der Waals surface area (Å²) in [7, 11) is 0.